The van der Waals surface area contributed by atoms with Gasteiger partial charge in [0.1, 0.15) is 6.04 Å². The number of amides is 2. The monoisotopic (exact) mass is 496 g/mol. The van der Waals surface area contributed by atoms with Crippen LogP contribution in [0.3, 0.4) is 0 Å². The molecule has 0 fully saturated rings. The lowest BCUT2D eigenvalue weighted by Crippen LogP contribution is -2.50. The first-order valence-corrected chi connectivity index (χ1v) is 12.3. The number of nitrogens with zero attached hydrogens (tertiary/aromatic N) is 1. The summed E-state index contributed by atoms with van der Waals surface area (Å²) < 4.78 is 0. The van der Waals surface area contributed by atoms with Crippen LogP contribution in [-0.2, 0) is 29.0 Å². The summed E-state index contributed by atoms with van der Waals surface area (Å²) in [6, 6.07) is 24.3. The zero-order valence-corrected chi connectivity index (χ0v) is 20.9. The van der Waals surface area contributed by atoms with Crippen LogP contribution >= 0.6 is 23.2 Å². The van der Waals surface area contributed by atoms with Crippen molar-refractivity contribution < 1.29 is 9.59 Å². The molecule has 0 spiro atoms. The van der Waals surface area contributed by atoms with Crippen molar-refractivity contribution in [3.63, 3.8) is 0 Å². The molecule has 0 heterocycles. The summed E-state index contributed by atoms with van der Waals surface area (Å²) in [6.07, 6.45) is 2.15. The van der Waals surface area contributed by atoms with Crippen molar-refractivity contribution in [2.45, 2.75) is 45.2 Å². The molecule has 0 bridgehead atoms. The van der Waals surface area contributed by atoms with Gasteiger partial charge in [0.05, 0.1) is 10.0 Å². The summed E-state index contributed by atoms with van der Waals surface area (Å²) in [5.74, 6) is -0.235. The second kappa shape index (κ2) is 13.2. The van der Waals surface area contributed by atoms with E-state index in [1.165, 1.54) is 0 Å². The van der Waals surface area contributed by atoms with Crippen LogP contribution < -0.4 is 5.32 Å². The van der Waals surface area contributed by atoms with E-state index in [9.17, 15) is 9.59 Å². The number of hydrogen-bond donors (Lipinski definition) is 1. The highest BCUT2D eigenvalue weighted by Gasteiger charge is 2.30. The third-order valence-corrected chi connectivity index (χ3v) is 6.37. The molecule has 0 saturated carbocycles. The maximum absolute atomic E-state index is 13.6. The van der Waals surface area contributed by atoms with Crippen LogP contribution in [-0.4, -0.2) is 29.3 Å². The van der Waals surface area contributed by atoms with Crippen LogP contribution in [0.25, 0.3) is 0 Å². The number of carbonyl (C=O) groups is 2. The molecule has 34 heavy (non-hydrogen) atoms. The molecule has 1 atom stereocenters. The van der Waals surface area contributed by atoms with Crippen molar-refractivity contribution >= 4 is 35.0 Å². The van der Waals surface area contributed by atoms with Gasteiger partial charge in [0.15, 0.2) is 0 Å². The Bertz CT molecular complexity index is 1070. The van der Waals surface area contributed by atoms with E-state index in [-0.39, 0.29) is 18.4 Å². The van der Waals surface area contributed by atoms with Crippen molar-refractivity contribution in [1.82, 2.24) is 10.2 Å². The average Bonchev–Trinajstić information content (AvgIpc) is 2.86. The first-order valence-electron chi connectivity index (χ1n) is 11.6. The Labute approximate surface area is 211 Å². The summed E-state index contributed by atoms with van der Waals surface area (Å²) in [4.78, 5) is 28.5. The number of rotatable bonds is 11. The molecule has 0 aromatic heterocycles. The van der Waals surface area contributed by atoms with E-state index < -0.39 is 6.04 Å². The molecule has 0 aliphatic rings. The molecule has 0 aliphatic heterocycles. The first kappa shape index (κ1) is 25.8. The van der Waals surface area contributed by atoms with E-state index in [1.807, 2.05) is 73.7 Å². The lowest BCUT2D eigenvalue weighted by Gasteiger charge is -2.32. The van der Waals surface area contributed by atoms with Gasteiger partial charge < -0.3 is 10.2 Å². The van der Waals surface area contributed by atoms with Gasteiger partial charge in [-0.3, -0.25) is 9.59 Å². The molecule has 3 rings (SSSR count). The molecule has 6 heteroatoms. The molecule has 3 aromatic carbocycles. The Balaban J connectivity index is 1.90. The van der Waals surface area contributed by atoms with Gasteiger partial charge in [-0.1, -0.05) is 96.9 Å². The van der Waals surface area contributed by atoms with E-state index in [2.05, 4.69) is 5.32 Å². The van der Waals surface area contributed by atoms with Crippen LogP contribution in [0.1, 0.15) is 36.5 Å². The number of hydrogen-bond acceptors (Lipinski definition) is 2. The lowest BCUT2D eigenvalue weighted by atomic mass is 10.0. The first-order chi connectivity index (χ1) is 16.5. The summed E-state index contributed by atoms with van der Waals surface area (Å²) in [5, 5.41) is 3.86. The second-order valence-electron chi connectivity index (χ2n) is 8.25. The van der Waals surface area contributed by atoms with Gasteiger partial charge in [-0.15, -0.1) is 0 Å². The van der Waals surface area contributed by atoms with Crippen molar-refractivity contribution in [1.29, 1.82) is 0 Å². The van der Waals surface area contributed by atoms with Gasteiger partial charge in [0, 0.05) is 25.9 Å². The predicted octanol–water partition coefficient (Wildman–Crippen LogP) is 6.09. The molecule has 0 aliphatic carbocycles. The fraction of sp³-hybridized carbons (Fsp3) is 0.286. The van der Waals surface area contributed by atoms with Crippen molar-refractivity contribution in [3.05, 3.63) is 106 Å². The molecule has 0 unspecified atom stereocenters. The smallest absolute Gasteiger partial charge is 0.243 e. The van der Waals surface area contributed by atoms with Crippen LogP contribution in [0.4, 0.5) is 0 Å². The highest BCUT2D eigenvalue weighted by atomic mass is 35.5. The Morgan fingerprint density at radius 1 is 0.853 bits per heavy atom. The topological polar surface area (TPSA) is 49.4 Å². The van der Waals surface area contributed by atoms with Crippen LogP contribution in [0, 0.1) is 0 Å². The average molecular weight is 497 g/mol. The van der Waals surface area contributed by atoms with Gasteiger partial charge in [-0.25, -0.2) is 0 Å². The number of nitrogens with one attached hydrogen (secondary N) is 1. The summed E-state index contributed by atoms with van der Waals surface area (Å²) in [7, 11) is 0. The fourth-order valence-electron chi connectivity index (χ4n) is 3.79. The Kier molecular flexibility index (Phi) is 9.99. The Hall–Kier alpha value is -2.82. The molecule has 0 radical (unpaired) electrons. The van der Waals surface area contributed by atoms with Gasteiger partial charge in [0.25, 0.3) is 0 Å². The normalized spacial score (nSPS) is 11.6. The maximum Gasteiger partial charge on any atom is 0.243 e. The van der Waals surface area contributed by atoms with Crippen molar-refractivity contribution in [2.75, 3.05) is 6.54 Å². The summed E-state index contributed by atoms with van der Waals surface area (Å²) in [5.41, 5.74) is 2.90. The van der Waals surface area contributed by atoms with E-state index in [1.54, 1.807) is 17.0 Å². The van der Waals surface area contributed by atoms with Crippen molar-refractivity contribution in [2.24, 2.45) is 0 Å². The highest BCUT2D eigenvalue weighted by Crippen LogP contribution is 2.24. The zero-order valence-electron chi connectivity index (χ0n) is 19.3. The third kappa shape index (κ3) is 7.61. The fourth-order valence-corrected chi connectivity index (χ4v) is 4.11. The molecule has 0 saturated heterocycles. The van der Waals surface area contributed by atoms with Crippen LogP contribution in [0.5, 0.6) is 0 Å². The molecule has 2 amide bonds. The molecular weight excluding hydrogens is 467 g/mol. The van der Waals surface area contributed by atoms with E-state index in [0.717, 1.165) is 23.1 Å². The van der Waals surface area contributed by atoms with Gasteiger partial charge in [0.2, 0.25) is 11.8 Å². The molecule has 1 N–H and O–H groups in total. The summed E-state index contributed by atoms with van der Waals surface area (Å²) >= 11 is 12.3. The van der Waals surface area contributed by atoms with Crippen LogP contribution in [0.2, 0.25) is 10.0 Å². The molecule has 4 nitrogen and oxygen atoms in total. The largest absolute Gasteiger partial charge is 0.354 e. The van der Waals surface area contributed by atoms with Gasteiger partial charge >= 0.3 is 0 Å². The minimum atomic E-state index is -0.647. The van der Waals surface area contributed by atoms with E-state index in [4.69, 9.17) is 23.2 Å². The number of aryl methyl sites for hydroxylation is 1. The molecule has 178 valence electrons. The standard InChI is InChI=1S/C28H30Cl2N2O2/c1-2-17-31-28(34)26(19-22-11-7-4-8-12-22)32(20-23-13-15-24(29)25(30)18-23)27(33)16-14-21-9-5-3-6-10-21/h3-13,15,18,26H,2,14,16-17,19-20H2,1H3,(H,31,34)/t26-/m1/s1. The second-order valence-corrected chi connectivity index (χ2v) is 9.07. The Morgan fingerprint density at radius 2 is 1.50 bits per heavy atom. The Morgan fingerprint density at radius 3 is 2.12 bits per heavy atom. The SMILES string of the molecule is CCCNC(=O)[C@@H](Cc1ccccc1)N(Cc1ccc(Cl)c(Cl)c1)C(=O)CCc1ccccc1. The minimum Gasteiger partial charge on any atom is -0.354 e. The predicted molar refractivity (Wildman–Crippen MR) is 139 cm³/mol. The quantitative estimate of drug-likeness (QED) is 0.349. The van der Waals surface area contributed by atoms with Crippen LogP contribution in [0.15, 0.2) is 78.9 Å². The number of carbonyl (C=O) groups excluding carboxylic acids is 2. The third-order valence-electron chi connectivity index (χ3n) is 5.63. The van der Waals surface area contributed by atoms with E-state index in [0.29, 0.717) is 35.9 Å². The van der Waals surface area contributed by atoms with E-state index >= 15 is 0 Å². The zero-order chi connectivity index (χ0) is 24.3. The molecular formula is C28H30Cl2N2O2. The molecule has 3 aromatic rings. The minimum absolute atomic E-state index is 0.0810. The number of halogens is 2. The van der Waals surface area contributed by atoms with Gasteiger partial charge in [-0.05, 0) is 41.7 Å². The lowest BCUT2D eigenvalue weighted by molar-refractivity contribution is -0.141. The van der Waals surface area contributed by atoms with Gasteiger partial charge in [-0.2, -0.15) is 0 Å². The summed E-state index contributed by atoms with van der Waals surface area (Å²) in [6.45, 7) is 2.83. The number of benzene rings is 3. The maximum atomic E-state index is 13.6. The highest BCUT2D eigenvalue weighted by molar-refractivity contribution is 6.42. The van der Waals surface area contributed by atoms with Crippen molar-refractivity contribution in [3.8, 4) is 0 Å².